The Morgan fingerprint density at radius 3 is 2.94 bits per heavy atom. The van der Waals surface area contributed by atoms with Gasteiger partial charge in [-0.05, 0) is 24.3 Å². The monoisotopic (exact) mass is 264 g/mol. The normalized spacial score (nSPS) is 25.8. The van der Waals surface area contributed by atoms with Gasteiger partial charge in [0.2, 0.25) is 0 Å². The second-order valence-corrected chi connectivity index (χ2v) is 5.99. The summed E-state index contributed by atoms with van der Waals surface area (Å²) < 4.78 is 12.3. The lowest BCUT2D eigenvalue weighted by Gasteiger charge is -2.25. The lowest BCUT2D eigenvalue weighted by atomic mass is 9.91. The Labute approximate surface area is 106 Å². The fourth-order valence-corrected chi connectivity index (χ4v) is 3.87. The van der Waals surface area contributed by atoms with Crippen molar-refractivity contribution in [3.05, 3.63) is 53.1 Å². The zero-order chi connectivity index (χ0) is 12.0. The SMILES string of the molecule is O=C1c2cc(Cl)ccc2[SH+]([O-])=C2C=CC=CC12. The van der Waals surface area contributed by atoms with Crippen molar-refractivity contribution in [2.24, 2.45) is 5.92 Å². The fourth-order valence-electron chi connectivity index (χ4n) is 2.14. The molecule has 0 saturated carbocycles. The molecule has 0 bridgehead atoms. The predicted molar refractivity (Wildman–Crippen MR) is 70.4 cm³/mol. The van der Waals surface area contributed by atoms with Gasteiger partial charge in [0.25, 0.3) is 0 Å². The molecule has 2 aliphatic rings. The van der Waals surface area contributed by atoms with Crippen LogP contribution in [0.1, 0.15) is 10.4 Å². The van der Waals surface area contributed by atoms with Crippen LogP contribution in [0, 0.1) is 5.92 Å². The first kappa shape index (κ1) is 11.0. The van der Waals surface area contributed by atoms with Crippen molar-refractivity contribution in [1.82, 2.24) is 0 Å². The number of ketones is 1. The van der Waals surface area contributed by atoms with Crippen molar-refractivity contribution < 1.29 is 9.35 Å². The van der Waals surface area contributed by atoms with Gasteiger partial charge in [-0.1, -0.05) is 29.8 Å². The summed E-state index contributed by atoms with van der Waals surface area (Å²) in [4.78, 5) is 13.5. The van der Waals surface area contributed by atoms with E-state index in [-0.39, 0.29) is 11.7 Å². The summed E-state index contributed by atoms with van der Waals surface area (Å²) in [6.45, 7) is 0. The van der Waals surface area contributed by atoms with Crippen molar-refractivity contribution in [2.45, 2.75) is 4.90 Å². The van der Waals surface area contributed by atoms with Gasteiger partial charge in [0.05, 0.1) is 5.56 Å². The van der Waals surface area contributed by atoms with E-state index in [1.54, 1.807) is 30.4 Å². The van der Waals surface area contributed by atoms with E-state index < -0.39 is 10.8 Å². The minimum Gasteiger partial charge on any atom is -0.646 e. The first-order valence-electron chi connectivity index (χ1n) is 5.21. The quantitative estimate of drug-likeness (QED) is 0.410. The van der Waals surface area contributed by atoms with Crippen LogP contribution < -0.4 is 0 Å². The van der Waals surface area contributed by atoms with E-state index in [1.165, 1.54) is 0 Å². The van der Waals surface area contributed by atoms with Crippen molar-refractivity contribution >= 4 is 33.0 Å². The molecule has 3 rings (SSSR count). The molecule has 0 saturated heterocycles. The molecule has 1 aromatic rings. The number of allylic oxidation sites excluding steroid dienone is 4. The molecule has 2 unspecified atom stereocenters. The third-order valence-electron chi connectivity index (χ3n) is 2.96. The molecule has 0 fully saturated rings. The van der Waals surface area contributed by atoms with Crippen LogP contribution in [0.25, 0.3) is 0 Å². The maximum atomic E-state index is 12.3. The molecule has 4 heteroatoms. The number of rotatable bonds is 0. The number of benzene rings is 1. The molecule has 2 atom stereocenters. The molecule has 1 aromatic carbocycles. The summed E-state index contributed by atoms with van der Waals surface area (Å²) >= 11 is 5.88. The summed E-state index contributed by atoms with van der Waals surface area (Å²) in [7, 11) is -1.65. The Morgan fingerprint density at radius 1 is 1.29 bits per heavy atom. The highest BCUT2D eigenvalue weighted by Crippen LogP contribution is 2.30. The van der Waals surface area contributed by atoms with Crippen LogP contribution >= 0.6 is 11.6 Å². The highest BCUT2D eigenvalue weighted by Gasteiger charge is 2.33. The number of carbonyl (C=O) groups is 1. The van der Waals surface area contributed by atoms with Gasteiger partial charge in [0.15, 0.2) is 5.78 Å². The number of fused-ring (bicyclic) bond motifs is 2. The molecule has 0 amide bonds. The smallest absolute Gasteiger partial charge is 0.183 e. The molecule has 0 spiro atoms. The summed E-state index contributed by atoms with van der Waals surface area (Å²) in [5.74, 6) is -0.401. The van der Waals surface area contributed by atoms with Crippen molar-refractivity contribution in [3.63, 3.8) is 0 Å². The number of hydrogen-bond acceptors (Lipinski definition) is 2. The molecule has 1 heterocycles. The number of Topliss-reactive ketones (excluding diaryl/α,β-unsaturated/α-hetero) is 1. The van der Waals surface area contributed by atoms with Crippen molar-refractivity contribution in [2.75, 3.05) is 0 Å². The third-order valence-corrected chi connectivity index (χ3v) is 4.92. The molecular weight excluding hydrogens is 256 g/mol. The van der Waals surface area contributed by atoms with E-state index in [2.05, 4.69) is 0 Å². The third kappa shape index (κ3) is 1.62. The average Bonchev–Trinajstić information content (AvgIpc) is 2.36. The van der Waals surface area contributed by atoms with E-state index in [0.29, 0.717) is 20.3 Å². The summed E-state index contributed by atoms with van der Waals surface area (Å²) in [5.41, 5.74) is 0.493. The highest BCUT2D eigenvalue weighted by molar-refractivity contribution is 7.91. The number of halogens is 1. The maximum absolute atomic E-state index is 12.3. The van der Waals surface area contributed by atoms with E-state index in [0.717, 1.165) is 0 Å². The standard InChI is InChI=1S/C13H9ClO2S/c14-8-5-6-12-10(7-8)13(15)9-3-1-2-4-11(9)17(12)16/h1-7,9,17H. The Balaban J connectivity index is 2.30. The minimum atomic E-state index is -1.65. The topological polar surface area (TPSA) is 40.1 Å². The van der Waals surface area contributed by atoms with Crippen LogP contribution in [0.4, 0.5) is 0 Å². The van der Waals surface area contributed by atoms with Gasteiger partial charge in [-0.15, -0.1) is 10.8 Å². The number of hydrogen-bond donors (Lipinski definition) is 0. The highest BCUT2D eigenvalue weighted by atomic mass is 35.5. The van der Waals surface area contributed by atoms with Gasteiger partial charge in [-0.2, -0.15) is 0 Å². The summed E-state index contributed by atoms with van der Waals surface area (Å²) in [6, 6.07) is 4.96. The van der Waals surface area contributed by atoms with E-state index in [4.69, 9.17) is 11.6 Å². The molecule has 1 aliphatic heterocycles. The Bertz CT molecular complexity index is 614. The van der Waals surface area contributed by atoms with Gasteiger partial charge in [0, 0.05) is 5.02 Å². The first-order valence-corrected chi connectivity index (χ1v) is 6.85. The van der Waals surface area contributed by atoms with Gasteiger partial charge in [0.1, 0.15) is 15.7 Å². The Kier molecular flexibility index (Phi) is 2.54. The van der Waals surface area contributed by atoms with Crippen molar-refractivity contribution in [3.8, 4) is 0 Å². The van der Waals surface area contributed by atoms with Crippen LogP contribution in [0.3, 0.4) is 0 Å². The van der Waals surface area contributed by atoms with Crippen LogP contribution in [0.5, 0.6) is 0 Å². The molecule has 0 N–H and O–H groups in total. The minimum absolute atomic E-state index is 0.0206. The van der Waals surface area contributed by atoms with Gasteiger partial charge in [-0.25, -0.2) is 0 Å². The second-order valence-electron chi connectivity index (χ2n) is 3.97. The van der Waals surface area contributed by atoms with Crippen LogP contribution in [-0.4, -0.2) is 15.2 Å². The lowest BCUT2D eigenvalue weighted by molar-refractivity contribution is 0.0969. The lowest BCUT2D eigenvalue weighted by Crippen LogP contribution is -2.31. The van der Waals surface area contributed by atoms with Crippen LogP contribution in [-0.2, 0) is 10.8 Å². The largest absolute Gasteiger partial charge is 0.646 e. The molecule has 17 heavy (non-hydrogen) atoms. The van der Waals surface area contributed by atoms with E-state index in [1.807, 2.05) is 12.2 Å². The number of carbonyl (C=O) groups excluding carboxylic acids is 1. The maximum Gasteiger partial charge on any atom is 0.183 e. The average molecular weight is 265 g/mol. The zero-order valence-corrected chi connectivity index (χ0v) is 10.4. The van der Waals surface area contributed by atoms with Gasteiger partial charge < -0.3 is 4.55 Å². The fraction of sp³-hybridized carbons (Fsp3) is 0.0769. The predicted octanol–water partition coefficient (Wildman–Crippen LogP) is 2.29. The Hall–Kier alpha value is -1.16. The molecule has 2 nitrogen and oxygen atoms in total. The molecular formula is C13H9ClO2S. The zero-order valence-electron chi connectivity index (χ0n) is 8.76. The Morgan fingerprint density at radius 2 is 2.12 bits per heavy atom. The summed E-state index contributed by atoms with van der Waals surface area (Å²) in [5, 5.41) is 0.499. The number of thiol groups is 1. The molecule has 0 aromatic heterocycles. The molecule has 1 aliphatic carbocycles. The molecule has 86 valence electrons. The van der Waals surface area contributed by atoms with Crippen LogP contribution in [0.15, 0.2) is 47.4 Å². The summed E-state index contributed by atoms with van der Waals surface area (Å²) in [6.07, 6.45) is 7.19. The van der Waals surface area contributed by atoms with Crippen LogP contribution in [0.2, 0.25) is 5.02 Å². The van der Waals surface area contributed by atoms with Gasteiger partial charge in [-0.3, -0.25) is 4.79 Å². The molecule has 0 radical (unpaired) electrons. The van der Waals surface area contributed by atoms with Crippen molar-refractivity contribution in [1.29, 1.82) is 0 Å². The van der Waals surface area contributed by atoms with E-state index >= 15 is 0 Å². The second kappa shape index (κ2) is 3.95. The first-order chi connectivity index (χ1) is 8.18. The van der Waals surface area contributed by atoms with Gasteiger partial charge >= 0.3 is 0 Å². The van der Waals surface area contributed by atoms with E-state index in [9.17, 15) is 9.35 Å².